The van der Waals surface area contributed by atoms with Crippen LogP contribution in [0.25, 0.3) is 10.2 Å². The van der Waals surface area contributed by atoms with Crippen LogP contribution in [0.1, 0.15) is 70.6 Å². The summed E-state index contributed by atoms with van der Waals surface area (Å²) in [7, 11) is 0. The molecule has 7 heteroatoms. The zero-order chi connectivity index (χ0) is 22.6. The number of hydrogen-bond acceptors (Lipinski definition) is 4. The second-order valence-corrected chi connectivity index (χ2v) is 12.6. The lowest BCUT2D eigenvalue weighted by Gasteiger charge is -2.57. The monoisotopic (exact) mass is 469 g/mol. The Bertz CT molecular complexity index is 1120. The summed E-state index contributed by atoms with van der Waals surface area (Å²) in [6.45, 7) is 1.28. The molecule has 0 saturated heterocycles. The highest BCUT2D eigenvalue weighted by atomic mass is 32.1. The van der Waals surface area contributed by atoms with Crippen LogP contribution in [0, 0.1) is 35.0 Å². The quantitative estimate of drug-likeness (QED) is 0.662. The number of rotatable bonds is 6. The topological polar surface area (TPSA) is 84.0 Å². The molecule has 5 saturated carbocycles. The molecule has 1 amide bonds. The molecule has 4 bridgehead atoms. The maximum absolute atomic E-state index is 12.9. The first-order valence-corrected chi connectivity index (χ1v) is 13.8. The van der Waals surface area contributed by atoms with Crippen LogP contribution in [0.3, 0.4) is 0 Å². The Hall–Kier alpha value is -1.89. The molecule has 7 rings (SSSR count). The van der Waals surface area contributed by atoms with Crippen LogP contribution in [0.15, 0.2) is 21.0 Å². The van der Waals surface area contributed by atoms with Gasteiger partial charge in [-0.25, -0.2) is 4.79 Å². The average Bonchev–Trinajstić information content (AvgIpc) is 3.24. The van der Waals surface area contributed by atoms with Crippen LogP contribution in [0.5, 0.6) is 0 Å². The highest BCUT2D eigenvalue weighted by Gasteiger charge is 2.50. The third-order valence-electron chi connectivity index (χ3n) is 9.37. The van der Waals surface area contributed by atoms with Gasteiger partial charge in [-0.05, 0) is 111 Å². The number of carbonyl (C=O) groups is 1. The van der Waals surface area contributed by atoms with Gasteiger partial charge in [-0.2, -0.15) is 0 Å². The van der Waals surface area contributed by atoms with Crippen molar-refractivity contribution in [3.05, 3.63) is 32.3 Å². The summed E-state index contributed by atoms with van der Waals surface area (Å²) >= 11 is 1.37. The molecule has 6 nitrogen and oxygen atoms in total. The fourth-order valence-electron chi connectivity index (χ4n) is 8.19. The summed E-state index contributed by atoms with van der Waals surface area (Å²) < 4.78 is 1.97. The molecule has 2 N–H and O–H groups in total. The zero-order valence-corrected chi connectivity index (χ0v) is 20.1. The average molecular weight is 470 g/mol. The molecular formula is C26H35N3O3S. The molecule has 2 heterocycles. The first-order valence-electron chi connectivity index (χ1n) is 13.0. The first-order chi connectivity index (χ1) is 16.0. The second kappa shape index (κ2) is 8.40. The van der Waals surface area contributed by atoms with Crippen molar-refractivity contribution in [2.24, 2.45) is 35.0 Å². The minimum absolute atomic E-state index is 0.0763. The van der Waals surface area contributed by atoms with Crippen LogP contribution in [-0.2, 0) is 11.3 Å². The molecule has 0 spiro atoms. The molecule has 5 fully saturated rings. The first kappa shape index (κ1) is 21.6. The molecule has 33 heavy (non-hydrogen) atoms. The molecule has 0 radical (unpaired) electrons. The van der Waals surface area contributed by atoms with E-state index in [1.807, 2.05) is 5.38 Å². The summed E-state index contributed by atoms with van der Waals surface area (Å²) in [4.78, 5) is 40.8. The predicted molar refractivity (Wildman–Crippen MR) is 130 cm³/mol. The molecular weight excluding hydrogens is 434 g/mol. The van der Waals surface area contributed by atoms with Crippen molar-refractivity contribution in [2.45, 2.75) is 77.2 Å². The maximum Gasteiger partial charge on any atom is 0.328 e. The van der Waals surface area contributed by atoms with Gasteiger partial charge in [0.25, 0.3) is 5.56 Å². The standard InChI is InChI=1S/C26H35N3O3S/c30-23(27-7-6-26-12-17-9-18(13-26)11-19(10-17)14-26)20-3-1-16(2-4-20)15-29-24(31)22-21(5-8-33-22)28-25(29)32/h5,8,16-20H,1-4,6-7,9-15H2,(H,27,30)(H,28,32). The number of thiophene rings is 1. The van der Waals surface area contributed by atoms with Gasteiger partial charge in [0.15, 0.2) is 0 Å². The normalized spacial score (nSPS) is 35.2. The molecule has 0 aromatic carbocycles. The zero-order valence-electron chi connectivity index (χ0n) is 19.3. The number of H-pyrrole nitrogens is 1. The van der Waals surface area contributed by atoms with Crippen LogP contribution < -0.4 is 16.6 Å². The Morgan fingerprint density at radius 2 is 1.73 bits per heavy atom. The van der Waals surface area contributed by atoms with Crippen molar-refractivity contribution < 1.29 is 4.79 Å². The molecule has 178 valence electrons. The lowest BCUT2D eigenvalue weighted by atomic mass is 9.49. The van der Waals surface area contributed by atoms with Crippen LogP contribution >= 0.6 is 11.3 Å². The fourth-order valence-corrected chi connectivity index (χ4v) is 8.99. The SMILES string of the molecule is O=C(NCCC12CC3CC(CC(C3)C1)C2)C1CCC(Cn2c(=O)[nH]c3ccsc3c2=O)CC1. The lowest BCUT2D eigenvalue weighted by molar-refractivity contribution is -0.126. The van der Waals surface area contributed by atoms with Crippen molar-refractivity contribution in [1.29, 1.82) is 0 Å². The van der Waals surface area contributed by atoms with E-state index in [1.165, 1.54) is 54.4 Å². The third kappa shape index (κ3) is 4.11. The molecule has 0 aliphatic heterocycles. The van der Waals surface area contributed by atoms with Crippen LogP contribution in [0.4, 0.5) is 0 Å². The summed E-state index contributed by atoms with van der Waals surface area (Å²) in [5.74, 6) is 3.45. The molecule has 5 aliphatic rings. The Labute approximate surface area is 198 Å². The van der Waals surface area contributed by atoms with Gasteiger partial charge in [0.05, 0.1) is 5.52 Å². The van der Waals surface area contributed by atoms with Gasteiger partial charge >= 0.3 is 5.69 Å². The predicted octanol–water partition coefficient (Wildman–Crippen LogP) is 4.28. The van der Waals surface area contributed by atoms with Crippen molar-refractivity contribution in [2.75, 3.05) is 6.54 Å². The van der Waals surface area contributed by atoms with E-state index in [2.05, 4.69) is 10.3 Å². The number of aromatic amines is 1. The smallest absolute Gasteiger partial charge is 0.328 e. The van der Waals surface area contributed by atoms with Gasteiger partial charge in [-0.1, -0.05) is 0 Å². The van der Waals surface area contributed by atoms with Gasteiger partial charge < -0.3 is 10.3 Å². The van der Waals surface area contributed by atoms with Crippen LogP contribution in [0.2, 0.25) is 0 Å². The Morgan fingerprint density at radius 3 is 2.39 bits per heavy atom. The second-order valence-electron chi connectivity index (χ2n) is 11.7. The van der Waals surface area contributed by atoms with Gasteiger partial charge in [0.2, 0.25) is 5.91 Å². The van der Waals surface area contributed by atoms with E-state index in [4.69, 9.17) is 0 Å². The molecule has 0 unspecified atom stereocenters. The van der Waals surface area contributed by atoms with E-state index in [-0.39, 0.29) is 29.0 Å². The van der Waals surface area contributed by atoms with E-state index >= 15 is 0 Å². The third-order valence-corrected chi connectivity index (χ3v) is 10.3. The van der Waals surface area contributed by atoms with Crippen molar-refractivity contribution in [3.8, 4) is 0 Å². The number of nitrogens with zero attached hydrogens (tertiary/aromatic N) is 1. The van der Waals surface area contributed by atoms with Crippen LogP contribution in [-0.4, -0.2) is 22.0 Å². The van der Waals surface area contributed by atoms with E-state index in [0.717, 1.165) is 56.4 Å². The summed E-state index contributed by atoms with van der Waals surface area (Å²) in [5, 5.41) is 5.11. The molecule has 2 aromatic heterocycles. The molecule has 2 aromatic rings. The van der Waals surface area contributed by atoms with Crippen molar-refractivity contribution in [3.63, 3.8) is 0 Å². The molecule has 0 atom stereocenters. The van der Waals surface area contributed by atoms with E-state index in [1.54, 1.807) is 6.07 Å². The van der Waals surface area contributed by atoms with E-state index in [9.17, 15) is 14.4 Å². The summed E-state index contributed by atoms with van der Waals surface area (Å²) in [6, 6.07) is 1.78. The Balaban J connectivity index is 0.996. The molecule has 5 aliphatic carbocycles. The van der Waals surface area contributed by atoms with Gasteiger partial charge in [-0.3, -0.25) is 14.2 Å². The van der Waals surface area contributed by atoms with Gasteiger partial charge in [0.1, 0.15) is 4.70 Å². The number of carbonyl (C=O) groups excluding carboxylic acids is 1. The van der Waals surface area contributed by atoms with Crippen molar-refractivity contribution >= 4 is 27.5 Å². The largest absolute Gasteiger partial charge is 0.356 e. The van der Waals surface area contributed by atoms with Gasteiger partial charge in [0, 0.05) is 19.0 Å². The minimum Gasteiger partial charge on any atom is -0.356 e. The Morgan fingerprint density at radius 1 is 1.06 bits per heavy atom. The highest BCUT2D eigenvalue weighted by Crippen LogP contribution is 2.61. The fraction of sp³-hybridized carbons (Fsp3) is 0.731. The number of fused-ring (bicyclic) bond motifs is 1. The van der Waals surface area contributed by atoms with Gasteiger partial charge in [-0.15, -0.1) is 11.3 Å². The van der Waals surface area contributed by atoms with Crippen molar-refractivity contribution in [1.82, 2.24) is 14.9 Å². The summed E-state index contributed by atoms with van der Waals surface area (Å²) in [5.41, 5.74) is 0.632. The Kier molecular flexibility index (Phi) is 5.51. The number of amides is 1. The summed E-state index contributed by atoms with van der Waals surface area (Å²) in [6.07, 6.45) is 13.2. The van der Waals surface area contributed by atoms with E-state index < -0.39 is 0 Å². The lowest BCUT2D eigenvalue weighted by Crippen LogP contribution is -2.47. The number of nitrogens with one attached hydrogen (secondary N) is 2. The van der Waals surface area contributed by atoms with E-state index in [0.29, 0.717) is 22.2 Å². The highest BCUT2D eigenvalue weighted by molar-refractivity contribution is 7.17. The number of aromatic nitrogens is 2. The number of hydrogen-bond donors (Lipinski definition) is 2. The maximum atomic E-state index is 12.9. The minimum atomic E-state index is -0.324.